The number of nitrogens with one attached hydrogen (secondary N) is 1. The SMILES string of the molecule is CNC(c1ccc2c3c(cccc13)CC2)C1CCC1. The summed E-state index contributed by atoms with van der Waals surface area (Å²) in [4.78, 5) is 0. The molecule has 1 N–H and O–H groups in total. The monoisotopic (exact) mass is 251 g/mol. The predicted molar refractivity (Wildman–Crippen MR) is 80.5 cm³/mol. The Labute approximate surface area is 115 Å². The van der Waals surface area contributed by atoms with Gasteiger partial charge in [0.1, 0.15) is 0 Å². The third kappa shape index (κ3) is 1.64. The Bertz CT molecular complexity index is 615. The van der Waals surface area contributed by atoms with Gasteiger partial charge in [-0.25, -0.2) is 0 Å². The Balaban J connectivity index is 1.90. The molecule has 0 spiro atoms. The first-order valence-corrected chi connectivity index (χ1v) is 7.59. The van der Waals surface area contributed by atoms with E-state index in [9.17, 15) is 0 Å². The van der Waals surface area contributed by atoms with Gasteiger partial charge in [0, 0.05) is 6.04 Å². The summed E-state index contributed by atoms with van der Waals surface area (Å²) < 4.78 is 0. The highest BCUT2D eigenvalue weighted by Crippen LogP contribution is 2.42. The molecule has 0 radical (unpaired) electrons. The van der Waals surface area contributed by atoms with Crippen molar-refractivity contribution in [2.75, 3.05) is 7.05 Å². The van der Waals surface area contributed by atoms with E-state index in [0.29, 0.717) is 6.04 Å². The van der Waals surface area contributed by atoms with Gasteiger partial charge in [0.25, 0.3) is 0 Å². The molecule has 1 heteroatoms. The van der Waals surface area contributed by atoms with Crippen molar-refractivity contribution in [1.29, 1.82) is 0 Å². The van der Waals surface area contributed by atoms with E-state index in [4.69, 9.17) is 0 Å². The van der Waals surface area contributed by atoms with E-state index in [2.05, 4.69) is 42.7 Å². The van der Waals surface area contributed by atoms with Crippen LogP contribution in [-0.4, -0.2) is 7.05 Å². The number of aryl methyl sites for hydroxylation is 2. The molecular weight excluding hydrogens is 230 g/mol. The Hall–Kier alpha value is -1.34. The second-order valence-corrected chi connectivity index (χ2v) is 6.11. The lowest BCUT2D eigenvalue weighted by atomic mass is 9.76. The van der Waals surface area contributed by atoms with Gasteiger partial charge in [-0.05, 0) is 66.1 Å². The van der Waals surface area contributed by atoms with E-state index in [1.807, 2.05) is 0 Å². The van der Waals surface area contributed by atoms with Crippen molar-refractivity contribution in [2.24, 2.45) is 5.92 Å². The number of rotatable bonds is 3. The van der Waals surface area contributed by atoms with E-state index in [0.717, 1.165) is 5.92 Å². The summed E-state index contributed by atoms with van der Waals surface area (Å²) in [7, 11) is 2.12. The van der Waals surface area contributed by atoms with Crippen molar-refractivity contribution < 1.29 is 0 Å². The van der Waals surface area contributed by atoms with Gasteiger partial charge in [-0.15, -0.1) is 0 Å². The molecule has 1 saturated carbocycles. The maximum absolute atomic E-state index is 3.57. The molecule has 2 aliphatic rings. The lowest BCUT2D eigenvalue weighted by molar-refractivity contribution is 0.240. The minimum atomic E-state index is 0.540. The first-order valence-electron chi connectivity index (χ1n) is 7.59. The van der Waals surface area contributed by atoms with Crippen LogP contribution in [-0.2, 0) is 12.8 Å². The molecule has 19 heavy (non-hydrogen) atoms. The molecule has 0 saturated heterocycles. The van der Waals surface area contributed by atoms with Crippen LogP contribution in [0.4, 0.5) is 0 Å². The molecule has 4 rings (SSSR count). The molecule has 98 valence electrons. The molecule has 0 aliphatic heterocycles. The van der Waals surface area contributed by atoms with Crippen LogP contribution in [0.3, 0.4) is 0 Å². The highest BCUT2D eigenvalue weighted by molar-refractivity contribution is 5.93. The quantitative estimate of drug-likeness (QED) is 0.869. The Kier molecular flexibility index (Phi) is 2.63. The fraction of sp³-hybridized carbons (Fsp3) is 0.444. The Morgan fingerprint density at radius 3 is 2.53 bits per heavy atom. The summed E-state index contributed by atoms with van der Waals surface area (Å²) in [5.74, 6) is 0.837. The van der Waals surface area contributed by atoms with Crippen molar-refractivity contribution in [2.45, 2.75) is 38.1 Å². The van der Waals surface area contributed by atoms with Crippen LogP contribution in [0.25, 0.3) is 10.8 Å². The fourth-order valence-corrected chi connectivity index (χ4v) is 3.96. The van der Waals surface area contributed by atoms with Crippen LogP contribution in [0.15, 0.2) is 30.3 Å². The van der Waals surface area contributed by atoms with Crippen molar-refractivity contribution in [3.63, 3.8) is 0 Å². The van der Waals surface area contributed by atoms with Gasteiger partial charge in [0.05, 0.1) is 0 Å². The van der Waals surface area contributed by atoms with Crippen LogP contribution in [0.1, 0.15) is 42.0 Å². The van der Waals surface area contributed by atoms with Gasteiger partial charge < -0.3 is 5.32 Å². The summed E-state index contributed by atoms with van der Waals surface area (Å²) in [5.41, 5.74) is 4.63. The van der Waals surface area contributed by atoms with Gasteiger partial charge in [-0.3, -0.25) is 0 Å². The standard InChI is InChI=1S/C18H21N/c1-19-18(14-5-2-6-14)16-11-10-13-9-8-12-4-3-7-15(16)17(12)13/h3-4,7,10-11,14,18-19H,2,5-6,8-9H2,1H3. The molecule has 0 bridgehead atoms. The van der Waals surface area contributed by atoms with E-state index in [1.54, 1.807) is 16.5 Å². The maximum atomic E-state index is 3.57. The van der Waals surface area contributed by atoms with Crippen LogP contribution in [0, 0.1) is 5.92 Å². The van der Waals surface area contributed by atoms with Gasteiger partial charge in [-0.1, -0.05) is 36.8 Å². The van der Waals surface area contributed by atoms with Crippen LogP contribution >= 0.6 is 0 Å². The molecule has 1 unspecified atom stereocenters. The van der Waals surface area contributed by atoms with Crippen molar-refractivity contribution in [3.8, 4) is 0 Å². The minimum absolute atomic E-state index is 0.540. The van der Waals surface area contributed by atoms with Gasteiger partial charge in [0.15, 0.2) is 0 Å². The third-order valence-electron chi connectivity index (χ3n) is 5.18. The largest absolute Gasteiger partial charge is 0.313 e. The minimum Gasteiger partial charge on any atom is -0.313 e. The highest BCUT2D eigenvalue weighted by Gasteiger charge is 2.29. The van der Waals surface area contributed by atoms with Gasteiger partial charge in [-0.2, -0.15) is 0 Å². The number of hydrogen-bond donors (Lipinski definition) is 1. The Morgan fingerprint density at radius 2 is 1.84 bits per heavy atom. The van der Waals surface area contributed by atoms with E-state index >= 15 is 0 Å². The normalized spacial score (nSPS) is 19.6. The zero-order chi connectivity index (χ0) is 12.8. The lowest BCUT2D eigenvalue weighted by Gasteiger charge is -2.34. The average molecular weight is 251 g/mol. The summed E-state index contributed by atoms with van der Waals surface area (Å²) in [5, 5.41) is 6.63. The topological polar surface area (TPSA) is 12.0 Å². The summed E-state index contributed by atoms with van der Waals surface area (Å²) in [6, 6.07) is 12.2. The zero-order valence-electron chi connectivity index (χ0n) is 11.6. The molecule has 2 aliphatic carbocycles. The summed E-state index contributed by atoms with van der Waals surface area (Å²) in [6.45, 7) is 0. The fourth-order valence-electron chi connectivity index (χ4n) is 3.96. The van der Waals surface area contributed by atoms with E-state index in [1.165, 1.54) is 43.1 Å². The Morgan fingerprint density at radius 1 is 1.05 bits per heavy atom. The van der Waals surface area contributed by atoms with Crippen LogP contribution in [0.5, 0.6) is 0 Å². The zero-order valence-corrected chi connectivity index (χ0v) is 11.6. The summed E-state index contributed by atoms with van der Waals surface area (Å²) >= 11 is 0. The maximum Gasteiger partial charge on any atom is 0.0352 e. The van der Waals surface area contributed by atoms with Gasteiger partial charge in [0.2, 0.25) is 0 Å². The molecule has 1 atom stereocenters. The third-order valence-corrected chi connectivity index (χ3v) is 5.18. The number of benzene rings is 2. The molecule has 2 aromatic carbocycles. The molecule has 0 aromatic heterocycles. The molecule has 1 nitrogen and oxygen atoms in total. The molecule has 0 heterocycles. The molecule has 2 aromatic rings. The van der Waals surface area contributed by atoms with Crippen molar-refractivity contribution >= 4 is 10.8 Å². The van der Waals surface area contributed by atoms with E-state index < -0.39 is 0 Å². The molecule has 1 fully saturated rings. The molecule has 0 amide bonds. The van der Waals surface area contributed by atoms with E-state index in [-0.39, 0.29) is 0 Å². The summed E-state index contributed by atoms with van der Waals surface area (Å²) in [6.07, 6.45) is 6.63. The van der Waals surface area contributed by atoms with Crippen LogP contribution in [0.2, 0.25) is 0 Å². The smallest absolute Gasteiger partial charge is 0.0352 e. The first kappa shape index (κ1) is 11.5. The lowest BCUT2D eigenvalue weighted by Crippen LogP contribution is -2.29. The average Bonchev–Trinajstić information content (AvgIpc) is 2.80. The van der Waals surface area contributed by atoms with Crippen LogP contribution < -0.4 is 5.32 Å². The number of hydrogen-bond acceptors (Lipinski definition) is 1. The van der Waals surface area contributed by atoms with Gasteiger partial charge >= 0.3 is 0 Å². The second kappa shape index (κ2) is 4.35. The highest BCUT2D eigenvalue weighted by atomic mass is 14.9. The van der Waals surface area contributed by atoms with Crippen molar-refractivity contribution in [1.82, 2.24) is 5.32 Å². The first-order chi connectivity index (χ1) is 9.38. The molecular formula is C18H21N. The second-order valence-electron chi connectivity index (χ2n) is 6.11. The predicted octanol–water partition coefficient (Wildman–Crippen LogP) is 4.00. The van der Waals surface area contributed by atoms with Crippen molar-refractivity contribution in [3.05, 3.63) is 47.0 Å².